The predicted molar refractivity (Wildman–Crippen MR) is 150 cm³/mol. The number of unbranched alkanes of at least 4 members (excludes halogenated alkanes) is 5. The molecule has 0 radical (unpaired) electrons. The van der Waals surface area contributed by atoms with Crippen LogP contribution < -0.4 is 14.8 Å². The van der Waals surface area contributed by atoms with E-state index in [0.717, 1.165) is 24.8 Å². The third-order valence-corrected chi connectivity index (χ3v) is 7.68. The van der Waals surface area contributed by atoms with Gasteiger partial charge in [-0.3, -0.25) is 4.79 Å². The Kier molecular flexibility index (Phi) is 14.3. The van der Waals surface area contributed by atoms with Crippen molar-refractivity contribution < 1.29 is 64.2 Å². The van der Waals surface area contributed by atoms with Gasteiger partial charge in [-0.2, -0.15) is 0 Å². The lowest BCUT2D eigenvalue weighted by Gasteiger charge is -2.45. The van der Waals surface area contributed by atoms with Gasteiger partial charge in [-0.1, -0.05) is 45.1 Å². The van der Waals surface area contributed by atoms with Gasteiger partial charge < -0.3 is 64.7 Å². The van der Waals surface area contributed by atoms with Crippen LogP contribution in [0.5, 0.6) is 11.5 Å². The fourth-order valence-corrected chi connectivity index (χ4v) is 5.05. The second kappa shape index (κ2) is 17.4. The van der Waals surface area contributed by atoms with E-state index in [-0.39, 0.29) is 24.0 Å². The first-order chi connectivity index (χ1) is 20.6. The number of rotatable bonds is 16. The van der Waals surface area contributed by atoms with Gasteiger partial charge in [0.25, 0.3) is 0 Å². The van der Waals surface area contributed by atoms with Crippen molar-refractivity contribution in [3.05, 3.63) is 23.8 Å². The van der Waals surface area contributed by atoms with Gasteiger partial charge in [0.2, 0.25) is 12.2 Å². The molecule has 10 atom stereocenters. The van der Waals surface area contributed by atoms with E-state index in [4.69, 9.17) is 23.7 Å². The van der Waals surface area contributed by atoms with Crippen molar-refractivity contribution in [1.29, 1.82) is 0 Å². The second-order valence-corrected chi connectivity index (χ2v) is 10.9. The molecule has 2 aliphatic heterocycles. The molecule has 0 bridgehead atoms. The van der Waals surface area contributed by atoms with Crippen molar-refractivity contribution >= 4 is 5.91 Å². The van der Waals surface area contributed by atoms with Crippen molar-refractivity contribution in [1.82, 2.24) is 5.32 Å². The molecule has 14 nitrogen and oxygen atoms in total. The Morgan fingerprint density at radius 1 is 0.814 bits per heavy atom. The van der Waals surface area contributed by atoms with E-state index in [9.17, 15) is 40.5 Å². The Morgan fingerprint density at radius 2 is 1.47 bits per heavy atom. The van der Waals surface area contributed by atoms with Gasteiger partial charge >= 0.3 is 0 Å². The zero-order chi connectivity index (χ0) is 31.5. The van der Waals surface area contributed by atoms with Crippen LogP contribution in [-0.4, -0.2) is 123 Å². The molecule has 3 rings (SSSR count). The Labute approximate surface area is 251 Å². The average molecular weight is 618 g/mol. The minimum Gasteiger partial charge on any atom is -0.493 e. The maximum Gasteiger partial charge on any atom is 0.229 e. The number of carbonyl (C=O) groups excluding carboxylic acids is 1. The number of methoxy groups -OCH3 is 1. The molecule has 0 saturated carbocycles. The van der Waals surface area contributed by atoms with Crippen molar-refractivity contribution in [3.63, 3.8) is 0 Å². The lowest BCUT2D eigenvalue weighted by molar-refractivity contribution is -0.352. The molecule has 1 aromatic rings. The predicted octanol–water partition coefficient (Wildman–Crippen LogP) is -0.935. The first-order valence-corrected chi connectivity index (χ1v) is 14.8. The largest absolute Gasteiger partial charge is 0.493 e. The quantitative estimate of drug-likeness (QED) is 0.105. The van der Waals surface area contributed by atoms with Crippen LogP contribution in [0.15, 0.2) is 18.2 Å². The summed E-state index contributed by atoms with van der Waals surface area (Å²) in [7, 11) is 1.41. The van der Waals surface area contributed by atoms with Crippen LogP contribution in [0, 0.1) is 0 Å². The second-order valence-electron chi connectivity index (χ2n) is 10.9. The first-order valence-electron chi connectivity index (χ1n) is 14.8. The molecule has 43 heavy (non-hydrogen) atoms. The Morgan fingerprint density at radius 3 is 2.14 bits per heavy atom. The summed E-state index contributed by atoms with van der Waals surface area (Å²) in [5.74, 6) is 0.386. The number of aliphatic hydroxyl groups is 7. The van der Waals surface area contributed by atoms with Crippen molar-refractivity contribution in [2.75, 3.05) is 20.3 Å². The van der Waals surface area contributed by atoms with Gasteiger partial charge in [-0.05, 0) is 24.1 Å². The molecule has 0 aromatic heterocycles. The fourth-order valence-electron chi connectivity index (χ4n) is 5.05. The maximum atomic E-state index is 12.2. The van der Waals surface area contributed by atoms with E-state index in [2.05, 4.69) is 12.2 Å². The van der Waals surface area contributed by atoms with Gasteiger partial charge in [-0.25, -0.2) is 0 Å². The normalized spacial score (nSPS) is 32.8. The highest BCUT2D eigenvalue weighted by Crippen LogP contribution is 2.34. The zero-order valence-corrected chi connectivity index (χ0v) is 24.7. The molecule has 1 amide bonds. The molecule has 2 fully saturated rings. The lowest BCUT2D eigenvalue weighted by Crippen LogP contribution is -2.65. The van der Waals surface area contributed by atoms with Gasteiger partial charge in [0.1, 0.15) is 48.8 Å². The van der Waals surface area contributed by atoms with Crippen LogP contribution >= 0.6 is 0 Å². The molecular formula is C29H47NO13. The van der Waals surface area contributed by atoms with Crippen LogP contribution in [0.25, 0.3) is 0 Å². The van der Waals surface area contributed by atoms with Crippen LogP contribution in [0.4, 0.5) is 0 Å². The fraction of sp³-hybridized carbons (Fsp3) is 0.759. The highest BCUT2D eigenvalue weighted by Gasteiger charge is 2.51. The standard InChI is InChI=1S/C29H47NO13/c1-3-4-5-6-7-8-9-21(33)30-13-16-10-11-17(18(12-16)39-2)40-28-26(38)24(36)27(20(15-32)42-28)43-29-25(37)23(35)22(34)19(14-31)41-29/h10-12,19-20,22-29,31-32,34-38H,3-9,13-15H2,1-2H3,(H,30,33)/t19-,20-,22+,23+,24-,25-,26-,27-,28-,29+/m1/s1. The van der Waals surface area contributed by atoms with Gasteiger partial charge in [0.05, 0.1) is 20.3 Å². The summed E-state index contributed by atoms with van der Waals surface area (Å²) >= 11 is 0. The SMILES string of the molecule is CCCCCCCCC(=O)NCc1ccc(O[C@@H]2O[C@H](CO)[C@@H](O[C@@H]3O[C@H](CO)[C@H](O)[C@H](O)[C@H]3O)[C@H](O)[C@H]2O)c(OC)c1. The molecular weight excluding hydrogens is 570 g/mol. The highest BCUT2D eigenvalue weighted by molar-refractivity contribution is 5.75. The Bertz CT molecular complexity index is 980. The van der Waals surface area contributed by atoms with E-state index >= 15 is 0 Å². The Balaban J connectivity index is 1.58. The molecule has 2 aliphatic rings. The van der Waals surface area contributed by atoms with Crippen molar-refractivity contribution in [2.45, 2.75) is 120 Å². The third-order valence-electron chi connectivity index (χ3n) is 7.68. The monoisotopic (exact) mass is 617 g/mol. The number of benzene rings is 1. The molecule has 8 N–H and O–H groups in total. The highest BCUT2D eigenvalue weighted by atomic mass is 16.7. The number of aliphatic hydroxyl groups excluding tert-OH is 7. The van der Waals surface area contributed by atoms with Crippen LogP contribution in [-0.2, 0) is 25.5 Å². The van der Waals surface area contributed by atoms with E-state index in [1.165, 1.54) is 26.4 Å². The topological polar surface area (TPSA) is 217 Å². The van der Waals surface area contributed by atoms with E-state index < -0.39 is 74.6 Å². The molecule has 2 heterocycles. The molecule has 0 unspecified atom stereocenters. The summed E-state index contributed by atoms with van der Waals surface area (Å²) in [5, 5.41) is 74.1. The summed E-state index contributed by atoms with van der Waals surface area (Å²) in [6, 6.07) is 4.91. The summed E-state index contributed by atoms with van der Waals surface area (Å²) in [6.45, 7) is 1.05. The smallest absolute Gasteiger partial charge is 0.229 e. The number of hydrogen-bond donors (Lipinski definition) is 8. The summed E-state index contributed by atoms with van der Waals surface area (Å²) < 4.78 is 27.8. The summed E-state index contributed by atoms with van der Waals surface area (Å²) in [4.78, 5) is 12.2. The van der Waals surface area contributed by atoms with E-state index in [1.54, 1.807) is 18.2 Å². The zero-order valence-electron chi connectivity index (χ0n) is 24.7. The summed E-state index contributed by atoms with van der Waals surface area (Å²) in [5.41, 5.74) is 0.742. The van der Waals surface area contributed by atoms with Gasteiger partial charge in [0, 0.05) is 13.0 Å². The number of nitrogens with one attached hydrogen (secondary N) is 1. The third kappa shape index (κ3) is 9.44. The molecule has 14 heteroatoms. The van der Waals surface area contributed by atoms with Crippen molar-refractivity contribution in [3.8, 4) is 11.5 Å². The maximum absolute atomic E-state index is 12.2. The van der Waals surface area contributed by atoms with Crippen molar-refractivity contribution in [2.24, 2.45) is 0 Å². The number of amides is 1. The lowest BCUT2D eigenvalue weighted by atomic mass is 9.97. The van der Waals surface area contributed by atoms with Gasteiger partial charge in [0.15, 0.2) is 17.8 Å². The Hall–Kier alpha value is -2.11. The van der Waals surface area contributed by atoms with Crippen LogP contribution in [0.3, 0.4) is 0 Å². The summed E-state index contributed by atoms with van der Waals surface area (Å²) in [6.07, 6.45) is -8.60. The number of ether oxygens (including phenoxy) is 5. The van der Waals surface area contributed by atoms with Crippen LogP contribution in [0.2, 0.25) is 0 Å². The minimum absolute atomic E-state index is 0.0435. The molecule has 246 valence electrons. The first kappa shape index (κ1) is 35.4. The molecule has 0 aliphatic carbocycles. The average Bonchev–Trinajstić information content (AvgIpc) is 3.01. The molecule has 0 spiro atoms. The van der Waals surface area contributed by atoms with Crippen LogP contribution in [0.1, 0.15) is 57.4 Å². The number of hydrogen-bond acceptors (Lipinski definition) is 13. The minimum atomic E-state index is -1.77. The number of carbonyl (C=O) groups is 1. The molecule has 1 aromatic carbocycles. The van der Waals surface area contributed by atoms with Gasteiger partial charge in [-0.15, -0.1) is 0 Å². The van der Waals surface area contributed by atoms with E-state index in [0.29, 0.717) is 6.42 Å². The van der Waals surface area contributed by atoms with E-state index in [1.807, 2.05) is 0 Å². The molecule has 2 saturated heterocycles.